The Morgan fingerprint density at radius 2 is 1.89 bits per heavy atom. The van der Waals surface area contributed by atoms with Crippen molar-refractivity contribution in [3.63, 3.8) is 0 Å². The quantitative estimate of drug-likeness (QED) is 0.796. The van der Waals surface area contributed by atoms with Gasteiger partial charge in [0.2, 0.25) is 11.8 Å². The lowest BCUT2D eigenvalue weighted by molar-refractivity contribution is -0.126. The van der Waals surface area contributed by atoms with E-state index < -0.39 is 0 Å². The molecule has 1 unspecified atom stereocenters. The Kier molecular flexibility index (Phi) is 6.58. The second-order valence-electron chi connectivity index (χ2n) is 7.53. The molecule has 1 saturated carbocycles. The van der Waals surface area contributed by atoms with Crippen molar-refractivity contribution in [2.75, 3.05) is 32.2 Å². The number of rotatable bonds is 7. The number of nitrogens with zero attached hydrogens (tertiary/aromatic N) is 1. The Morgan fingerprint density at radius 1 is 1.15 bits per heavy atom. The summed E-state index contributed by atoms with van der Waals surface area (Å²) in [6, 6.07) is 5.38. The van der Waals surface area contributed by atoms with Crippen LogP contribution in [-0.2, 0) is 9.59 Å². The van der Waals surface area contributed by atoms with Crippen LogP contribution < -0.4 is 19.7 Å². The van der Waals surface area contributed by atoms with Crippen LogP contribution in [0.15, 0.2) is 18.2 Å². The van der Waals surface area contributed by atoms with E-state index >= 15 is 0 Å². The molecule has 2 amide bonds. The first-order valence-corrected chi connectivity index (χ1v) is 9.92. The molecule has 2 fully saturated rings. The highest BCUT2D eigenvalue weighted by Crippen LogP contribution is 2.34. The van der Waals surface area contributed by atoms with Gasteiger partial charge in [-0.15, -0.1) is 0 Å². The van der Waals surface area contributed by atoms with Crippen LogP contribution in [-0.4, -0.2) is 39.1 Å². The molecule has 6 heteroatoms. The standard InChI is InChI=1S/C21H30N2O4/c1-26-18-9-8-17(13-19(18)27-2)23-14-16(12-20(23)24)21(25)22-11-10-15-6-4-3-5-7-15/h8-9,13,15-16H,3-7,10-12,14H2,1-2H3,(H,22,25). The molecule has 6 nitrogen and oxygen atoms in total. The van der Waals surface area contributed by atoms with E-state index in [0.29, 0.717) is 24.6 Å². The fourth-order valence-electron chi connectivity index (χ4n) is 4.15. The number of amides is 2. The SMILES string of the molecule is COc1ccc(N2CC(C(=O)NCCC3CCCCC3)CC2=O)cc1OC. The molecule has 3 rings (SSSR count). The van der Waals surface area contributed by atoms with Crippen LogP contribution in [0.25, 0.3) is 0 Å². The summed E-state index contributed by atoms with van der Waals surface area (Å²) in [7, 11) is 3.14. The molecular formula is C21H30N2O4. The largest absolute Gasteiger partial charge is 0.493 e. The lowest BCUT2D eigenvalue weighted by Crippen LogP contribution is -2.34. The molecule has 148 valence electrons. The average Bonchev–Trinajstić information content (AvgIpc) is 3.10. The van der Waals surface area contributed by atoms with Crippen molar-refractivity contribution in [2.24, 2.45) is 11.8 Å². The Bertz CT molecular complexity index is 670. The van der Waals surface area contributed by atoms with Crippen molar-refractivity contribution in [3.8, 4) is 11.5 Å². The molecule has 2 aliphatic rings. The Hall–Kier alpha value is -2.24. The maximum absolute atomic E-state index is 12.5. The van der Waals surface area contributed by atoms with Crippen molar-refractivity contribution in [2.45, 2.75) is 44.9 Å². The van der Waals surface area contributed by atoms with E-state index in [2.05, 4.69) is 5.32 Å². The van der Waals surface area contributed by atoms with E-state index in [9.17, 15) is 9.59 Å². The van der Waals surface area contributed by atoms with Crippen molar-refractivity contribution in [1.29, 1.82) is 0 Å². The topological polar surface area (TPSA) is 67.9 Å². The predicted octanol–water partition coefficient (Wildman–Crippen LogP) is 3.14. The minimum Gasteiger partial charge on any atom is -0.493 e. The molecule has 0 radical (unpaired) electrons. The van der Waals surface area contributed by atoms with Crippen molar-refractivity contribution >= 4 is 17.5 Å². The van der Waals surface area contributed by atoms with E-state index in [0.717, 1.165) is 18.0 Å². The summed E-state index contributed by atoms with van der Waals surface area (Å²) >= 11 is 0. The summed E-state index contributed by atoms with van der Waals surface area (Å²) in [5.74, 6) is 1.59. The molecule has 1 heterocycles. The highest BCUT2D eigenvalue weighted by atomic mass is 16.5. The molecule has 1 saturated heterocycles. The number of methoxy groups -OCH3 is 2. The van der Waals surface area contributed by atoms with E-state index in [1.165, 1.54) is 32.1 Å². The fraction of sp³-hybridized carbons (Fsp3) is 0.619. The van der Waals surface area contributed by atoms with Crippen molar-refractivity contribution in [3.05, 3.63) is 18.2 Å². The van der Waals surface area contributed by atoms with Gasteiger partial charge in [-0.1, -0.05) is 32.1 Å². The van der Waals surface area contributed by atoms with Crippen LogP contribution in [0.2, 0.25) is 0 Å². The molecular weight excluding hydrogens is 344 g/mol. The van der Waals surface area contributed by atoms with Gasteiger partial charge in [-0.2, -0.15) is 0 Å². The van der Waals surface area contributed by atoms with E-state index in [1.807, 2.05) is 6.07 Å². The third-order valence-electron chi connectivity index (χ3n) is 5.75. The minimum absolute atomic E-state index is 0.0119. The molecule has 1 aromatic rings. The maximum atomic E-state index is 12.5. The lowest BCUT2D eigenvalue weighted by atomic mass is 9.87. The predicted molar refractivity (Wildman–Crippen MR) is 104 cm³/mol. The first-order valence-electron chi connectivity index (χ1n) is 9.92. The summed E-state index contributed by atoms with van der Waals surface area (Å²) in [6.45, 7) is 1.12. The van der Waals surface area contributed by atoms with E-state index in [1.54, 1.807) is 31.3 Å². The van der Waals surface area contributed by atoms with Gasteiger partial charge < -0.3 is 19.7 Å². The third kappa shape index (κ3) is 4.73. The van der Waals surface area contributed by atoms with Gasteiger partial charge in [-0.3, -0.25) is 9.59 Å². The van der Waals surface area contributed by atoms with Crippen LogP contribution in [0.4, 0.5) is 5.69 Å². The number of carbonyl (C=O) groups excluding carboxylic acids is 2. The second-order valence-corrected chi connectivity index (χ2v) is 7.53. The first-order chi connectivity index (χ1) is 13.1. The normalized spacial score (nSPS) is 20.6. The summed E-state index contributed by atoms with van der Waals surface area (Å²) in [5.41, 5.74) is 0.732. The summed E-state index contributed by atoms with van der Waals surface area (Å²) < 4.78 is 10.6. The number of benzene rings is 1. The fourth-order valence-corrected chi connectivity index (χ4v) is 4.15. The zero-order valence-corrected chi connectivity index (χ0v) is 16.3. The number of ether oxygens (including phenoxy) is 2. The van der Waals surface area contributed by atoms with Crippen LogP contribution in [0.3, 0.4) is 0 Å². The van der Waals surface area contributed by atoms with Gasteiger partial charge >= 0.3 is 0 Å². The Labute approximate surface area is 161 Å². The van der Waals surface area contributed by atoms with Gasteiger partial charge in [0.1, 0.15) is 0 Å². The second kappa shape index (κ2) is 9.11. The number of nitrogens with one attached hydrogen (secondary N) is 1. The van der Waals surface area contributed by atoms with Crippen LogP contribution in [0.1, 0.15) is 44.9 Å². The summed E-state index contributed by atoms with van der Waals surface area (Å²) in [5, 5.41) is 3.04. The van der Waals surface area contributed by atoms with Gasteiger partial charge in [0.25, 0.3) is 0 Å². The highest BCUT2D eigenvalue weighted by molar-refractivity contribution is 6.00. The zero-order valence-electron chi connectivity index (χ0n) is 16.3. The van der Waals surface area contributed by atoms with Crippen LogP contribution in [0, 0.1) is 11.8 Å². The van der Waals surface area contributed by atoms with Crippen molar-refractivity contribution < 1.29 is 19.1 Å². The average molecular weight is 374 g/mol. The molecule has 27 heavy (non-hydrogen) atoms. The molecule has 0 aromatic heterocycles. The summed E-state index contributed by atoms with van der Waals surface area (Å²) in [6.07, 6.45) is 7.84. The minimum atomic E-state index is -0.294. The molecule has 0 spiro atoms. The molecule has 1 aliphatic heterocycles. The van der Waals surface area contributed by atoms with E-state index in [-0.39, 0.29) is 24.2 Å². The zero-order chi connectivity index (χ0) is 19.2. The lowest BCUT2D eigenvalue weighted by Gasteiger charge is -2.22. The molecule has 1 aliphatic carbocycles. The van der Waals surface area contributed by atoms with Crippen LogP contribution in [0.5, 0.6) is 11.5 Å². The number of hydrogen-bond donors (Lipinski definition) is 1. The van der Waals surface area contributed by atoms with E-state index in [4.69, 9.17) is 9.47 Å². The number of anilines is 1. The molecule has 1 aromatic carbocycles. The Balaban J connectivity index is 1.54. The first kappa shape index (κ1) is 19.5. The molecule has 1 N–H and O–H groups in total. The van der Waals surface area contributed by atoms with Gasteiger partial charge in [0.05, 0.1) is 20.1 Å². The van der Waals surface area contributed by atoms with Gasteiger partial charge in [-0.25, -0.2) is 0 Å². The smallest absolute Gasteiger partial charge is 0.227 e. The summed E-state index contributed by atoms with van der Waals surface area (Å²) in [4.78, 5) is 26.6. The maximum Gasteiger partial charge on any atom is 0.227 e. The Morgan fingerprint density at radius 3 is 2.59 bits per heavy atom. The highest BCUT2D eigenvalue weighted by Gasteiger charge is 2.35. The van der Waals surface area contributed by atoms with Gasteiger partial charge in [0, 0.05) is 31.3 Å². The van der Waals surface area contributed by atoms with Crippen molar-refractivity contribution in [1.82, 2.24) is 5.32 Å². The monoisotopic (exact) mass is 374 g/mol. The molecule has 1 atom stereocenters. The number of carbonyl (C=O) groups is 2. The third-order valence-corrected chi connectivity index (χ3v) is 5.75. The van der Waals surface area contributed by atoms with Gasteiger partial charge in [-0.05, 0) is 24.5 Å². The van der Waals surface area contributed by atoms with Crippen LogP contribution >= 0.6 is 0 Å². The number of hydrogen-bond acceptors (Lipinski definition) is 4. The molecule has 0 bridgehead atoms. The van der Waals surface area contributed by atoms with Gasteiger partial charge in [0.15, 0.2) is 11.5 Å².